The largest absolute Gasteiger partial charge is 0.355 e. The van der Waals surface area contributed by atoms with Crippen LogP contribution in [0.2, 0.25) is 0 Å². The van der Waals surface area contributed by atoms with E-state index in [1.54, 1.807) is 14.0 Å². The molecule has 1 N–H and O–H groups in total. The van der Waals surface area contributed by atoms with E-state index in [0.717, 1.165) is 41.2 Å². The molecule has 0 spiro atoms. The Bertz CT molecular complexity index is 953. The third kappa shape index (κ3) is 3.04. The van der Waals surface area contributed by atoms with Crippen LogP contribution in [0.15, 0.2) is 36.4 Å². The van der Waals surface area contributed by atoms with E-state index in [0.29, 0.717) is 11.1 Å². The van der Waals surface area contributed by atoms with Gasteiger partial charge in [0.15, 0.2) is 5.78 Å². The molecule has 2 aromatic carbocycles. The zero-order chi connectivity index (χ0) is 18.0. The fourth-order valence-electron chi connectivity index (χ4n) is 3.45. The van der Waals surface area contributed by atoms with Gasteiger partial charge in [-0.15, -0.1) is 0 Å². The number of nitrogens with one attached hydrogen (secondary N) is 1. The standard InChI is InChI=1S/C21H24N2O2/c1-4-5-6-12-23-18-11-10-15(14(2)24)13-17(18)20-16(21(25)22-3)8-7-9-19(20)23/h7-11,13H,4-6,12H2,1-3H3,(H,22,25). The molecule has 0 unspecified atom stereocenters. The van der Waals surface area contributed by atoms with Gasteiger partial charge in [0.2, 0.25) is 0 Å². The number of Topliss-reactive ketones (excluding diaryl/α,β-unsaturated/α-hetero) is 1. The molecule has 0 saturated carbocycles. The molecule has 4 heteroatoms. The first-order chi connectivity index (χ1) is 12.1. The quantitative estimate of drug-likeness (QED) is 0.530. The van der Waals surface area contributed by atoms with Crippen molar-refractivity contribution in [3.05, 3.63) is 47.5 Å². The Morgan fingerprint density at radius 1 is 1.08 bits per heavy atom. The number of hydrogen-bond donors (Lipinski definition) is 1. The van der Waals surface area contributed by atoms with Gasteiger partial charge >= 0.3 is 0 Å². The number of carbonyl (C=O) groups excluding carboxylic acids is 2. The highest BCUT2D eigenvalue weighted by Gasteiger charge is 2.17. The van der Waals surface area contributed by atoms with Crippen molar-refractivity contribution < 1.29 is 9.59 Å². The molecule has 0 saturated heterocycles. The van der Waals surface area contributed by atoms with Crippen LogP contribution in [-0.2, 0) is 6.54 Å². The van der Waals surface area contributed by atoms with E-state index in [4.69, 9.17) is 0 Å². The number of nitrogens with zero attached hydrogens (tertiary/aromatic N) is 1. The monoisotopic (exact) mass is 336 g/mol. The molecule has 0 aliphatic rings. The normalized spacial score (nSPS) is 11.2. The molecular formula is C21H24N2O2. The number of carbonyl (C=O) groups is 2. The third-order valence-corrected chi connectivity index (χ3v) is 4.75. The summed E-state index contributed by atoms with van der Waals surface area (Å²) in [6, 6.07) is 11.6. The zero-order valence-electron chi connectivity index (χ0n) is 15.1. The SMILES string of the molecule is CCCCCn1c2ccc(C(C)=O)cc2c2c(C(=O)NC)cccc21. The molecule has 130 valence electrons. The number of unbranched alkanes of at least 4 members (excludes halogenated alkanes) is 2. The summed E-state index contributed by atoms with van der Waals surface area (Å²) in [4.78, 5) is 24.2. The van der Waals surface area contributed by atoms with Crippen LogP contribution in [0.25, 0.3) is 21.8 Å². The number of aromatic nitrogens is 1. The highest BCUT2D eigenvalue weighted by atomic mass is 16.1. The molecule has 0 atom stereocenters. The molecule has 3 aromatic rings. The summed E-state index contributed by atoms with van der Waals surface area (Å²) in [5.41, 5.74) is 3.45. The molecule has 1 heterocycles. The summed E-state index contributed by atoms with van der Waals surface area (Å²) in [5.74, 6) is -0.0716. The van der Waals surface area contributed by atoms with Crippen molar-refractivity contribution in [2.75, 3.05) is 7.05 Å². The Morgan fingerprint density at radius 2 is 1.88 bits per heavy atom. The van der Waals surface area contributed by atoms with Gasteiger partial charge in [-0.2, -0.15) is 0 Å². The average molecular weight is 336 g/mol. The molecule has 0 fully saturated rings. The van der Waals surface area contributed by atoms with Gasteiger partial charge in [-0.1, -0.05) is 25.8 Å². The molecule has 0 radical (unpaired) electrons. The van der Waals surface area contributed by atoms with Crippen LogP contribution in [0.4, 0.5) is 0 Å². The van der Waals surface area contributed by atoms with Gasteiger partial charge in [0, 0.05) is 46.5 Å². The van der Waals surface area contributed by atoms with Gasteiger partial charge in [-0.3, -0.25) is 9.59 Å². The van der Waals surface area contributed by atoms with Crippen LogP contribution in [0.3, 0.4) is 0 Å². The second-order valence-corrected chi connectivity index (χ2v) is 6.43. The summed E-state index contributed by atoms with van der Waals surface area (Å²) < 4.78 is 2.27. The predicted molar refractivity (Wildman–Crippen MR) is 102 cm³/mol. The second kappa shape index (κ2) is 7.09. The maximum atomic E-state index is 12.4. The highest BCUT2D eigenvalue weighted by Crippen LogP contribution is 2.33. The van der Waals surface area contributed by atoms with Gasteiger partial charge in [-0.05, 0) is 43.7 Å². The van der Waals surface area contributed by atoms with Crippen LogP contribution in [0, 0.1) is 0 Å². The smallest absolute Gasteiger partial charge is 0.251 e. The van der Waals surface area contributed by atoms with E-state index >= 15 is 0 Å². The van der Waals surface area contributed by atoms with E-state index in [1.807, 2.05) is 30.3 Å². The van der Waals surface area contributed by atoms with Crippen LogP contribution >= 0.6 is 0 Å². The Balaban J connectivity index is 2.33. The fraction of sp³-hybridized carbons (Fsp3) is 0.333. The van der Waals surface area contributed by atoms with Crippen LogP contribution < -0.4 is 5.32 Å². The number of amides is 1. The maximum Gasteiger partial charge on any atom is 0.251 e. The molecule has 25 heavy (non-hydrogen) atoms. The summed E-state index contributed by atoms with van der Waals surface area (Å²) in [6.45, 7) is 4.67. The summed E-state index contributed by atoms with van der Waals surface area (Å²) >= 11 is 0. The van der Waals surface area contributed by atoms with Crippen molar-refractivity contribution in [2.24, 2.45) is 0 Å². The minimum absolute atomic E-state index is 0.0335. The van der Waals surface area contributed by atoms with Gasteiger partial charge in [0.25, 0.3) is 5.91 Å². The number of ketones is 1. The van der Waals surface area contributed by atoms with Crippen LogP contribution in [-0.4, -0.2) is 23.3 Å². The first-order valence-electron chi connectivity index (χ1n) is 8.86. The summed E-state index contributed by atoms with van der Waals surface area (Å²) in [5, 5.41) is 4.62. The lowest BCUT2D eigenvalue weighted by molar-refractivity contribution is 0.0963. The second-order valence-electron chi connectivity index (χ2n) is 6.43. The Hall–Kier alpha value is -2.62. The van der Waals surface area contributed by atoms with E-state index < -0.39 is 0 Å². The Morgan fingerprint density at radius 3 is 2.56 bits per heavy atom. The number of benzene rings is 2. The molecule has 0 aliphatic heterocycles. The molecule has 0 bridgehead atoms. The fourth-order valence-corrected chi connectivity index (χ4v) is 3.45. The van der Waals surface area contributed by atoms with E-state index in [1.165, 1.54) is 6.42 Å². The van der Waals surface area contributed by atoms with Gasteiger partial charge in [-0.25, -0.2) is 0 Å². The van der Waals surface area contributed by atoms with Crippen molar-refractivity contribution >= 4 is 33.5 Å². The van der Waals surface area contributed by atoms with Gasteiger partial charge in [0.1, 0.15) is 0 Å². The predicted octanol–water partition coefficient (Wildman–Crippen LogP) is 4.55. The van der Waals surface area contributed by atoms with Crippen molar-refractivity contribution in [3.8, 4) is 0 Å². The highest BCUT2D eigenvalue weighted by molar-refractivity contribution is 6.19. The number of fused-ring (bicyclic) bond motifs is 3. The molecule has 1 amide bonds. The first kappa shape index (κ1) is 17.2. The van der Waals surface area contributed by atoms with Crippen molar-refractivity contribution in [1.82, 2.24) is 9.88 Å². The summed E-state index contributed by atoms with van der Waals surface area (Å²) in [7, 11) is 1.64. The third-order valence-electron chi connectivity index (χ3n) is 4.75. The van der Waals surface area contributed by atoms with E-state index in [-0.39, 0.29) is 11.7 Å². The lowest BCUT2D eigenvalue weighted by Gasteiger charge is -2.07. The van der Waals surface area contributed by atoms with Crippen LogP contribution in [0.1, 0.15) is 53.8 Å². The number of hydrogen-bond acceptors (Lipinski definition) is 2. The zero-order valence-corrected chi connectivity index (χ0v) is 15.1. The van der Waals surface area contributed by atoms with Gasteiger partial charge in [0.05, 0.1) is 0 Å². The van der Waals surface area contributed by atoms with E-state index in [9.17, 15) is 9.59 Å². The molecular weight excluding hydrogens is 312 g/mol. The van der Waals surface area contributed by atoms with E-state index in [2.05, 4.69) is 22.9 Å². The number of aryl methyl sites for hydroxylation is 1. The van der Waals surface area contributed by atoms with Crippen molar-refractivity contribution in [1.29, 1.82) is 0 Å². The molecule has 1 aromatic heterocycles. The lowest BCUT2D eigenvalue weighted by Crippen LogP contribution is -2.17. The molecule has 4 nitrogen and oxygen atoms in total. The minimum atomic E-state index is -0.105. The topological polar surface area (TPSA) is 51.1 Å². The Labute approximate surface area is 147 Å². The maximum absolute atomic E-state index is 12.4. The first-order valence-corrected chi connectivity index (χ1v) is 8.86. The molecule has 0 aliphatic carbocycles. The van der Waals surface area contributed by atoms with Crippen molar-refractivity contribution in [3.63, 3.8) is 0 Å². The minimum Gasteiger partial charge on any atom is -0.355 e. The Kier molecular flexibility index (Phi) is 4.88. The average Bonchev–Trinajstić information content (AvgIpc) is 2.94. The lowest BCUT2D eigenvalue weighted by atomic mass is 10.0. The van der Waals surface area contributed by atoms with Crippen LogP contribution in [0.5, 0.6) is 0 Å². The van der Waals surface area contributed by atoms with Crippen molar-refractivity contribution in [2.45, 2.75) is 39.7 Å². The van der Waals surface area contributed by atoms with Gasteiger partial charge < -0.3 is 9.88 Å². The summed E-state index contributed by atoms with van der Waals surface area (Å²) in [6.07, 6.45) is 3.42. The molecule has 3 rings (SSSR count). The number of rotatable bonds is 6.